The normalized spacial score (nSPS) is 21.1. The Balaban J connectivity index is 2.55. The molecule has 1 saturated heterocycles. The fourth-order valence-electron chi connectivity index (χ4n) is 2.35. The second kappa shape index (κ2) is 7.35. The maximum Gasteiger partial charge on any atom is 0.0666 e. The molecular weight excluding hydrogens is 280 g/mol. The second-order valence-corrected chi connectivity index (χ2v) is 5.66. The van der Waals surface area contributed by atoms with Gasteiger partial charge < -0.3 is 9.64 Å². The Bertz CT molecular complexity index is 259. The molecule has 4 heteroatoms. The molecule has 98 valence electrons. The van der Waals surface area contributed by atoms with Crippen LogP contribution >= 0.6 is 15.9 Å². The first-order valence-corrected chi connectivity index (χ1v) is 7.53. The lowest BCUT2D eigenvalue weighted by atomic mass is 9.81. The summed E-state index contributed by atoms with van der Waals surface area (Å²) in [5.41, 5.74) is 0.337. The minimum atomic E-state index is 0.113. The topological polar surface area (TPSA) is 36.3 Å². The summed E-state index contributed by atoms with van der Waals surface area (Å²) in [7, 11) is 0. The molecule has 1 atom stereocenters. The first-order valence-electron chi connectivity index (χ1n) is 6.41. The molecule has 0 aliphatic carbocycles. The van der Waals surface area contributed by atoms with Crippen molar-refractivity contribution in [2.75, 3.05) is 38.2 Å². The van der Waals surface area contributed by atoms with Gasteiger partial charge >= 0.3 is 0 Å². The number of alkyl halides is 1. The zero-order valence-corrected chi connectivity index (χ0v) is 12.5. The van der Waals surface area contributed by atoms with Crippen LogP contribution in [0.4, 0.5) is 0 Å². The summed E-state index contributed by atoms with van der Waals surface area (Å²) >= 11 is 3.66. The Morgan fingerprint density at radius 1 is 1.47 bits per heavy atom. The van der Waals surface area contributed by atoms with Crippen molar-refractivity contribution in [1.29, 1.82) is 5.26 Å². The third kappa shape index (κ3) is 4.57. The highest BCUT2D eigenvalue weighted by atomic mass is 79.9. The third-order valence-electron chi connectivity index (χ3n) is 3.60. The summed E-state index contributed by atoms with van der Waals surface area (Å²) in [5.74, 6) is 0.113. The minimum absolute atomic E-state index is 0.113. The van der Waals surface area contributed by atoms with E-state index in [0.29, 0.717) is 5.41 Å². The number of nitrogens with zero attached hydrogens (tertiary/aromatic N) is 2. The largest absolute Gasteiger partial charge is 0.381 e. The van der Waals surface area contributed by atoms with Gasteiger partial charge in [0.1, 0.15) is 0 Å². The van der Waals surface area contributed by atoms with E-state index >= 15 is 0 Å². The van der Waals surface area contributed by atoms with E-state index in [0.717, 1.165) is 51.0 Å². The van der Waals surface area contributed by atoms with E-state index in [4.69, 9.17) is 10.00 Å². The van der Waals surface area contributed by atoms with Gasteiger partial charge in [-0.15, -0.1) is 0 Å². The quantitative estimate of drug-likeness (QED) is 0.708. The molecule has 0 spiro atoms. The van der Waals surface area contributed by atoms with Crippen LogP contribution in [0.25, 0.3) is 0 Å². The van der Waals surface area contributed by atoms with Gasteiger partial charge in [0.15, 0.2) is 0 Å². The van der Waals surface area contributed by atoms with E-state index in [1.807, 2.05) is 6.92 Å². The average Bonchev–Trinajstić information content (AvgIpc) is 2.38. The maximum atomic E-state index is 8.90. The van der Waals surface area contributed by atoms with Crippen molar-refractivity contribution < 1.29 is 4.74 Å². The van der Waals surface area contributed by atoms with Crippen LogP contribution in [0.2, 0.25) is 0 Å². The summed E-state index contributed by atoms with van der Waals surface area (Å²) in [4.78, 5) is 2.40. The van der Waals surface area contributed by atoms with Gasteiger partial charge in [-0.1, -0.05) is 22.9 Å². The smallest absolute Gasteiger partial charge is 0.0666 e. The molecule has 0 saturated carbocycles. The molecule has 0 aromatic heterocycles. The van der Waals surface area contributed by atoms with Crippen LogP contribution in [0, 0.1) is 22.7 Å². The molecule has 1 aliphatic heterocycles. The predicted molar refractivity (Wildman–Crippen MR) is 73.2 cm³/mol. The van der Waals surface area contributed by atoms with Crippen LogP contribution in [0.15, 0.2) is 0 Å². The SMILES string of the molecule is CCN(CC(C)C#N)CC1(CBr)CCOCC1. The average molecular weight is 303 g/mol. The third-order valence-corrected chi connectivity index (χ3v) is 4.79. The van der Waals surface area contributed by atoms with E-state index in [1.54, 1.807) is 0 Å². The fraction of sp³-hybridized carbons (Fsp3) is 0.923. The van der Waals surface area contributed by atoms with Crippen LogP contribution in [-0.2, 0) is 4.74 Å². The lowest BCUT2D eigenvalue weighted by Gasteiger charge is -2.40. The monoisotopic (exact) mass is 302 g/mol. The Morgan fingerprint density at radius 3 is 2.59 bits per heavy atom. The summed E-state index contributed by atoms with van der Waals surface area (Å²) in [6, 6.07) is 2.32. The van der Waals surface area contributed by atoms with E-state index in [-0.39, 0.29) is 5.92 Å². The van der Waals surface area contributed by atoms with Crippen molar-refractivity contribution in [3.05, 3.63) is 0 Å². The highest BCUT2D eigenvalue weighted by molar-refractivity contribution is 9.09. The van der Waals surface area contributed by atoms with E-state index < -0.39 is 0 Å². The highest BCUT2D eigenvalue weighted by Crippen LogP contribution is 2.33. The van der Waals surface area contributed by atoms with Gasteiger partial charge in [0, 0.05) is 31.6 Å². The van der Waals surface area contributed by atoms with Gasteiger partial charge in [0.05, 0.1) is 12.0 Å². The van der Waals surface area contributed by atoms with Gasteiger partial charge in [0.2, 0.25) is 0 Å². The van der Waals surface area contributed by atoms with Crippen LogP contribution in [-0.4, -0.2) is 43.1 Å². The number of nitriles is 1. The Hall–Kier alpha value is -0.110. The molecular formula is C13H23BrN2O. The van der Waals surface area contributed by atoms with Gasteiger partial charge in [-0.05, 0) is 31.7 Å². The first-order chi connectivity index (χ1) is 8.15. The highest BCUT2D eigenvalue weighted by Gasteiger charge is 2.33. The number of hydrogen-bond donors (Lipinski definition) is 0. The van der Waals surface area contributed by atoms with Crippen molar-refractivity contribution in [2.24, 2.45) is 11.3 Å². The number of rotatable bonds is 6. The maximum absolute atomic E-state index is 8.90. The fourth-order valence-corrected chi connectivity index (χ4v) is 3.08. The molecule has 1 heterocycles. The van der Waals surface area contributed by atoms with Crippen LogP contribution in [0.5, 0.6) is 0 Å². The molecule has 1 aliphatic rings. The van der Waals surface area contributed by atoms with Gasteiger partial charge in [-0.25, -0.2) is 0 Å². The lowest BCUT2D eigenvalue weighted by Crippen LogP contribution is -2.43. The molecule has 17 heavy (non-hydrogen) atoms. The Labute approximate surface area is 113 Å². The predicted octanol–water partition coefficient (Wildman–Crippen LogP) is 2.66. The Morgan fingerprint density at radius 2 is 2.12 bits per heavy atom. The van der Waals surface area contributed by atoms with E-state index in [2.05, 4.69) is 33.8 Å². The molecule has 1 rings (SSSR count). The van der Waals surface area contributed by atoms with Crippen molar-refractivity contribution in [3.63, 3.8) is 0 Å². The molecule has 0 radical (unpaired) electrons. The molecule has 0 N–H and O–H groups in total. The van der Waals surface area contributed by atoms with E-state index in [9.17, 15) is 0 Å². The van der Waals surface area contributed by atoms with Crippen molar-refractivity contribution in [3.8, 4) is 6.07 Å². The van der Waals surface area contributed by atoms with E-state index in [1.165, 1.54) is 0 Å². The molecule has 0 amide bonds. The molecule has 1 fully saturated rings. The molecule has 3 nitrogen and oxygen atoms in total. The number of hydrogen-bond acceptors (Lipinski definition) is 3. The van der Waals surface area contributed by atoms with Gasteiger partial charge in [-0.3, -0.25) is 0 Å². The van der Waals surface area contributed by atoms with Crippen LogP contribution in [0.3, 0.4) is 0 Å². The Kier molecular flexibility index (Phi) is 6.47. The zero-order chi connectivity index (χ0) is 12.7. The lowest BCUT2D eigenvalue weighted by molar-refractivity contribution is 0.00789. The first kappa shape index (κ1) is 14.9. The summed E-state index contributed by atoms with van der Waals surface area (Å²) in [5, 5.41) is 9.93. The van der Waals surface area contributed by atoms with Crippen molar-refractivity contribution in [1.82, 2.24) is 4.90 Å². The number of halogens is 1. The van der Waals surface area contributed by atoms with Crippen LogP contribution in [0.1, 0.15) is 26.7 Å². The number of ether oxygens (including phenoxy) is 1. The van der Waals surface area contributed by atoms with Crippen molar-refractivity contribution >= 4 is 15.9 Å². The second-order valence-electron chi connectivity index (χ2n) is 5.10. The molecule has 0 bridgehead atoms. The minimum Gasteiger partial charge on any atom is -0.381 e. The standard InChI is InChI=1S/C13H23BrN2O/c1-3-16(9-12(2)8-15)11-13(10-14)4-6-17-7-5-13/h12H,3-7,9-11H2,1-2H3. The summed E-state index contributed by atoms with van der Waals surface area (Å²) < 4.78 is 5.45. The molecule has 0 aromatic carbocycles. The molecule has 1 unspecified atom stereocenters. The van der Waals surface area contributed by atoms with Gasteiger partial charge in [-0.2, -0.15) is 5.26 Å². The van der Waals surface area contributed by atoms with Gasteiger partial charge in [0.25, 0.3) is 0 Å². The summed E-state index contributed by atoms with van der Waals surface area (Å²) in [6.07, 6.45) is 2.24. The molecule has 0 aromatic rings. The zero-order valence-electron chi connectivity index (χ0n) is 10.9. The van der Waals surface area contributed by atoms with Crippen LogP contribution < -0.4 is 0 Å². The summed E-state index contributed by atoms with van der Waals surface area (Å²) in [6.45, 7) is 8.88. The van der Waals surface area contributed by atoms with Crippen molar-refractivity contribution in [2.45, 2.75) is 26.7 Å².